The summed E-state index contributed by atoms with van der Waals surface area (Å²) in [5.41, 5.74) is -0.736. The molecule has 1 aliphatic rings. The second-order valence-corrected chi connectivity index (χ2v) is 4.73. The highest BCUT2D eigenvalue weighted by molar-refractivity contribution is 6.02. The average Bonchev–Trinajstić information content (AvgIpc) is 2.29. The molecule has 0 bridgehead atoms. The van der Waals surface area contributed by atoms with Crippen molar-refractivity contribution in [1.29, 1.82) is 0 Å². The van der Waals surface area contributed by atoms with Gasteiger partial charge in [0.05, 0.1) is 5.54 Å². The van der Waals surface area contributed by atoms with Crippen molar-refractivity contribution in [1.82, 2.24) is 15.5 Å². The fourth-order valence-corrected chi connectivity index (χ4v) is 1.50. The van der Waals surface area contributed by atoms with E-state index in [9.17, 15) is 14.4 Å². The average molecular weight is 241 g/mol. The van der Waals surface area contributed by atoms with Crippen molar-refractivity contribution in [3.8, 4) is 0 Å². The molecule has 0 spiro atoms. The number of hydrogen-bond donors (Lipinski definition) is 2. The molecule has 6 nitrogen and oxygen atoms in total. The highest BCUT2D eigenvalue weighted by atomic mass is 16.2. The smallest absolute Gasteiger partial charge is 0.251 e. The van der Waals surface area contributed by atoms with Gasteiger partial charge in [0.2, 0.25) is 11.8 Å². The lowest BCUT2D eigenvalue weighted by Gasteiger charge is -2.31. The van der Waals surface area contributed by atoms with Crippen LogP contribution in [0.2, 0.25) is 0 Å². The lowest BCUT2D eigenvalue weighted by Crippen LogP contribution is -2.59. The number of nitrogens with one attached hydrogen (secondary N) is 2. The third-order valence-electron chi connectivity index (χ3n) is 3.15. The normalized spacial score (nSPS) is 21.6. The standard InChI is InChI=1S/C11H19N3O3/c1-11(2,12-3)10(17)13-7-5-6-8(15)14(4)9(7)16/h7,12H,5-6H2,1-4H3,(H,13,17). The molecular weight excluding hydrogens is 222 g/mol. The van der Waals surface area contributed by atoms with Crippen LogP contribution in [0, 0.1) is 0 Å². The number of imide groups is 1. The first-order valence-corrected chi connectivity index (χ1v) is 5.60. The van der Waals surface area contributed by atoms with E-state index < -0.39 is 11.6 Å². The highest BCUT2D eigenvalue weighted by Gasteiger charge is 2.35. The van der Waals surface area contributed by atoms with Gasteiger partial charge in [-0.05, 0) is 27.3 Å². The summed E-state index contributed by atoms with van der Waals surface area (Å²) in [4.78, 5) is 36.0. The number of carbonyl (C=O) groups is 3. The minimum absolute atomic E-state index is 0.201. The number of amides is 3. The van der Waals surface area contributed by atoms with Crippen LogP contribution < -0.4 is 10.6 Å². The lowest BCUT2D eigenvalue weighted by molar-refractivity contribution is -0.149. The molecule has 1 aliphatic heterocycles. The van der Waals surface area contributed by atoms with Crippen molar-refractivity contribution in [3.63, 3.8) is 0 Å². The zero-order valence-corrected chi connectivity index (χ0v) is 10.7. The molecule has 0 radical (unpaired) electrons. The first-order chi connectivity index (χ1) is 7.79. The first kappa shape index (κ1) is 13.6. The number of hydrogen-bond acceptors (Lipinski definition) is 4. The molecule has 1 heterocycles. The van der Waals surface area contributed by atoms with Gasteiger partial charge in [0, 0.05) is 13.5 Å². The second-order valence-electron chi connectivity index (χ2n) is 4.73. The molecule has 1 saturated heterocycles. The Hall–Kier alpha value is -1.43. The number of nitrogens with zero attached hydrogens (tertiary/aromatic N) is 1. The van der Waals surface area contributed by atoms with Crippen molar-refractivity contribution < 1.29 is 14.4 Å². The Morgan fingerprint density at radius 3 is 2.53 bits per heavy atom. The van der Waals surface area contributed by atoms with E-state index in [1.165, 1.54) is 7.05 Å². The van der Waals surface area contributed by atoms with Crippen LogP contribution in [-0.2, 0) is 14.4 Å². The van der Waals surface area contributed by atoms with Crippen molar-refractivity contribution in [2.45, 2.75) is 38.3 Å². The van der Waals surface area contributed by atoms with Gasteiger partial charge in [-0.15, -0.1) is 0 Å². The monoisotopic (exact) mass is 241 g/mol. The van der Waals surface area contributed by atoms with Crippen LogP contribution >= 0.6 is 0 Å². The Bertz CT molecular complexity index is 352. The number of likely N-dealkylation sites (tertiary alicyclic amines) is 1. The molecular formula is C11H19N3O3. The van der Waals surface area contributed by atoms with E-state index in [0.717, 1.165) is 4.90 Å². The zero-order valence-electron chi connectivity index (χ0n) is 10.7. The van der Waals surface area contributed by atoms with Gasteiger partial charge in [-0.2, -0.15) is 0 Å². The van der Waals surface area contributed by atoms with Gasteiger partial charge in [-0.25, -0.2) is 0 Å². The summed E-state index contributed by atoms with van der Waals surface area (Å²) < 4.78 is 0. The van der Waals surface area contributed by atoms with Gasteiger partial charge in [0.1, 0.15) is 6.04 Å². The molecule has 2 N–H and O–H groups in total. The molecule has 0 aliphatic carbocycles. The van der Waals surface area contributed by atoms with Crippen molar-refractivity contribution in [2.75, 3.05) is 14.1 Å². The van der Waals surface area contributed by atoms with E-state index in [1.54, 1.807) is 20.9 Å². The number of rotatable bonds is 3. The molecule has 96 valence electrons. The molecule has 0 aromatic rings. The number of carbonyl (C=O) groups excluding carboxylic acids is 3. The van der Waals surface area contributed by atoms with Gasteiger partial charge in [0.15, 0.2) is 0 Å². The van der Waals surface area contributed by atoms with Crippen molar-refractivity contribution in [2.24, 2.45) is 0 Å². The summed E-state index contributed by atoms with van der Waals surface area (Å²) in [5, 5.41) is 5.53. The maximum Gasteiger partial charge on any atom is 0.251 e. The van der Waals surface area contributed by atoms with E-state index >= 15 is 0 Å². The van der Waals surface area contributed by atoms with Crippen LogP contribution in [0.25, 0.3) is 0 Å². The molecule has 6 heteroatoms. The quantitative estimate of drug-likeness (QED) is 0.637. The largest absolute Gasteiger partial charge is 0.343 e. The predicted octanol–water partition coefficient (Wildman–Crippen LogP) is -0.752. The Morgan fingerprint density at radius 2 is 2.00 bits per heavy atom. The maximum absolute atomic E-state index is 11.9. The summed E-state index contributed by atoms with van der Waals surface area (Å²) in [6.07, 6.45) is 0.653. The summed E-state index contributed by atoms with van der Waals surface area (Å²) in [6, 6.07) is -0.599. The molecule has 1 fully saturated rings. The van der Waals surface area contributed by atoms with Crippen LogP contribution in [0.3, 0.4) is 0 Å². The Labute approximate surface area is 101 Å². The summed E-state index contributed by atoms with van der Waals surface area (Å²) in [5.74, 6) is -0.795. The second kappa shape index (κ2) is 4.83. The zero-order chi connectivity index (χ0) is 13.2. The minimum Gasteiger partial charge on any atom is -0.343 e. The van der Waals surface area contributed by atoms with Crippen LogP contribution in [0.15, 0.2) is 0 Å². The van der Waals surface area contributed by atoms with Crippen LogP contribution in [0.4, 0.5) is 0 Å². The Kier molecular flexibility index (Phi) is 3.87. The predicted molar refractivity (Wildman–Crippen MR) is 62.1 cm³/mol. The lowest BCUT2D eigenvalue weighted by atomic mass is 10.0. The molecule has 3 amide bonds. The van der Waals surface area contributed by atoms with E-state index in [4.69, 9.17) is 0 Å². The topological polar surface area (TPSA) is 78.5 Å². The molecule has 1 atom stereocenters. The third-order valence-corrected chi connectivity index (χ3v) is 3.15. The molecule has 0 aromatic heterocycles. The maximum atomic E-state index is 11.9. The van der Waals surface area contributed by atoms with Gasteiger partial charge in [-0.1, -0.05) is 0 Å². The van der Waals surface area contributed by atoms with Crippen molar-refractivity contribution in [3.05, 3.63) is 0 Å². The molecule has 0 saturated carbocycles. The summed E-state index contributed by atoms with van der Waals surface area (Å²) in [7, 11) is 3.12. The van der Waals surface area contributed by atoms with E-state index in [0.29, 0.717) is 6.42 Å². The summed E-state index contributed by atoms with van der Waals surface area (Å²) >= 11 is 0. The van der Waals surface area contributed by atoms with E-state index in [1.807, 2.05) is 0 Å². The SMILES string of the molecule is CNC(C)(C)C(=O)NC1CCC(=O)N(C)C1=O. The highest BCUT2D eigenvalue weighted by Crippen LogP contribution is 2.12. The van der Waals surface area contributed by atoms with Crippen LogP contribution in [0.5, 0.6) is 0 Å². The van der Waals surface area contributed by atoms with Crippen LogP contribution in [0.1, 0.15) is 26.7 Å². The minimum atomic E-state index is -0.736. The van der Waals surface area contributed by atoms with Crippen LogP contribution in [-0.4, -0.2) is 48.3 Å². The van der Waals surface area contributed by atoms with Gasteiger partial charge < -0.3 is 10.6 Å². The first-order valence-electron chi connectivity index (χ1n) is 5.60. The summed E-state index contributed by atoms with van der Waals surface area (Å²) in [6.45, 7) is 3.45. The fraction of sp³-hybridized carbons (Fsp3) is 0.727. The number of piperidine rings is 1. The molecule has 0 aromatic carbocycles. The Morgan fingerprint density at radius 1 is 1.41 bits per heavy atom. The molecule has 1 rings (SSSR count). The third kappa shape index (κ3) is 2.82. The van der Waals surface area contributed by atoms with Crippen molar-refractivity contribution >= 4 is 17.7 Å². The fourth-order valence-electron chi connectivity index (χ4n) is 1.50. The van der Waals surface area contributed by atoms with E-state index in [2.05, 4.69) is 10.6 Å². The molecule has 1 unspecified atom stereocenters. The Balaban J connectivity index is 2.67. The molecule has 17 heavy (non-hydrogen) atoms. The number of likely N-dealkylation sites (N-methyl/N-ethyl adjacent to an activating group) is 2. The van der Waals surface area contributed by atoms with Gasteiger partial charge in [0.25, 0.3) is 5.91 Å². The van der Waals surface area contributed by atoms with E-state index in [-0.39, 0.29) is 24.1 Å². The van der Waals surface area contributed by atoms with Gasteiger partial charge >= 0.3 is 0 Å². The van der Waals surface area contributed by atoms with Gasteiger partial charge in [-0.3, -0.25) is 19.3 Å².